The fourth-order valence-electron chi connectivity index (χ4n) is 3.10. The van der Waals surface area contributed by atoms with E-state index in [0.717, 1.165) is 23.1 Å². The van der Waals surface area contributed by atoms with Crippen LogP contribution >= 0.6 is 0 Å². The quantitative estimate of drug-likeness (QED) is 0.861. The molecule has 2 heteroatoms. The van der Waals surface area contributed by atoms with Crippen LogP contribution in [0.1, 0.15) is 44.1 Å². The van der Waals surface area contributed by atoms with Crippen molar-refractivity contribution in [2.45, 2.75) is 38.5 Å². The maximum Gasteiger partial charge on any atom is 0.0703 e. The van der Waals surface area contributed by atoms with Crippen LogP contribution in [0, 0.1) is 5.92 Å². The average molecular weight is 266 g/mol. The highest BCUT2D eigenvalue weighted by molar-refractivity contribution is 5.61. The number of aromatic nitrogens is 1. The van der Waals surface area contributed by atoms with Gasteiger partial charge in [-0.3, -0.25) is 4.98 Å². The van der Waals surface area contributed by atoms with Gasteiger partial charge < -0.3 is 5.73 Å². The molecule has 1 aliphatic rings. The second-order valence-corrected chi connectivity index (χ2v) is 6.06. The molecule has 0 aliphatic heterocycles. The van der Waals surface area contributed by atoms with Gasteiger partial charge in [0.1, 0.15) is 0 Å². The maximum atomic E-state index is 5.68. The summed E-state index contributed by atoms with van der Waals surface area (Å²) >= 11 is 0. The second kappa shape index (κ2) is 5.66. The lowest BCUT2D eigenvalue weighted by Gasteiger charge is -2.26. The van der Waals surface area contributed by atoms with Gasteiger partial charge in [-0.15, -0.1) is 0 Å². The molecule has 104 valence electrons. The standard InChI is InChI=1S/C18H22N2/c1-13-2-4-14(5-3-13)15-6-8-16(9-7-15)18-11-10-17(19)12-20-18/h6-14H,2-5,19H2,1H3. The Bertz CT molecular complexity index is 549. The first-order chi connectivity index (χ1) is 9.72. The van der Waals surface area contributed by atoms with Crippen molar-refractivity contribution in [3.8, 4) is 11.3 Å². The Morgan fingerprint density at radius 2 is 1.65 bits per heavy atom. The van der Waals surface area contributed by atoms with E-state index in [9.17, 15) is 0 Å². The lowest BCUT2D eigenvalue weighted by molar-refractivity contribution is 0.348. The highest BCUT2D eigenvalue weighted by Crippen LogP contribution is 2.35. The molecule has 0 unspecified atom stereocenters. The van der Waals surface area contributed by atoms with Gasteiger partial charge in [0.15, 0.2) is 0 Å². The van der Waals surface area contributed by atoms with Crippen molar-refractivity contribution in [1.82, 2.24) is 4.98 Å². The third kappa shape index (κ3) is 2.84. The summed E-state index contributed by atoms with van der Waals surface area (Å²) in [5.41, 5.74) is 10.0. The maximum absolute atomic E-state index is 5.68. The molecule has 1 aliphatic carbocycles. The van der Waals surface area contributed by atoms with E-state index < -0.39 is 0 Å². The highest BCUT2D eigenvalue weighted by Gasteiger charge is 2.19. The van der Waals surface area contributed by atoms with E-state index in [2.05, 4.69) is 36.2 Å². The van der Waals surface area contributed by atoms with Crippen molar-refractivity contribution in [2.24, 2.45) is 5.92 Å². The van der Waals surface area contributed by atoms with Crippen LogP contribution in [0.5, 0.6) is 0 Å². The number of hydrogen-bond acceptors (Lipinski definition) is 2. The van der Waals surface area contributed by atoms with E-state index in [-0.39, 0.29) is 0 Å². The lowest BCUT2D eigenvalue weighted by atomic mass is 9.79. The average Bonchev–Trinajstić information content (AvgIpc) is 2.49. The Balaban J connectivity index is 1.76. The molecule has 2 aromatic rings. The molecule has 20 heavy (non-hydrogen) atoms. The minimum Gasteiger partial charge on any atom is -0.397 e. The first-order valence-electron chi connectivity index (χ1n) is 7.54. The molecular formula is C18H22N2. The number of rotatable bonds is 2. The van der Waals surface area contributed by atoms with Gasteiger partial charge in [-0.2, -0.15) is 0 Å². The van der Waals surface area contributed by atoms with Gasteiger partial charge in [-0.25, -0.2) is 0 Å². The number of benzene rings is 1. The molecule has 0 spiro atoms. The summed E-state index contributed by atoms with van der Waals surface area (Å²) in [5.74, 6) is 1.66. The van der Waals surface area contributed by atoms with E-state index in [0.29, 0.717) is 5.69 Å². The molecule has 0 bridgehead atoms. The fourth-order valence-corrected chi connectivity index (χ4v) is 3.10. The highest BCUT2D eigenvalue weighted by atomic mass is 14.7. The Labute approximate surface area is 121 Å². The normalized spacial score (nSPS) is 22.6. The Morgan fingerprint density at radius 1 is 0.950 bits per heavy atom. The minimum atomic E-state index is 0.710. The number of nitrogen functional groups attached to an aromatic ring is 1. The molecule has 0 radical (unpaired) electrons. The predicted octanol–water partition coefficient (Wildman–Crippen LogP) is 4.62. The van der Waals surface area contributed by atoms with Crippen LogP contribution in [-0.2, 0) is 0 Å². The van der Waals surface area contributed by atoms with E-state index in [1.54, 1.807) is 6.20 Å². The summed E-state index contributed by atoms with van der Waals surface area (Å²) in [6, 6.07) is 12.8. The molecule has 2 nitrogen and oxygen atoms in total. The van der Waals surface area contributed by atoms with Crippen molar-refractivity contribution in [3.63, 3.8) is 0 Å². The molecule has 1 aromatic heterocycles. The Morgan fingerprint density at radius 3 is 2.25 bits per heavy atom. The van der Waals surface area contributed by atoms with Crippen molar-refractivity contribution in [1.29, 1.82) is 0 Å². The summed E-state index contributed by atoms with van der Waals surface area (Å²) in [4.78, 5) is 4.38. The van der Waals surface area contributed by atoms with Crippen LogP contribution in [0.3, 0.4) is 0 Å². The minimum absolute atomic E-state index is 0.710. The van der Waals surface area contributed by atoms with E-state index >= 15 is 0 Å². The van der Waals surface area contributed by atoms with Gasteiger partial charge in [0, 0.05) is 5.56 Å². The van der Waals surface area contributed by atoms with Gasteiger partial charge in [-0.1, -0.05) is 44.0 Å². The lowest BCUT2D eigenvalue weighted by Crippen LogP contribution is -2.10. The SMILES string of the molecule is CC1CCC(c2ccc(-c3ccc(N)cn3)cc2)CC1. The second-order valence-electron chi connectivity index (χ2n) is 6.06. The molecule has 0 amide bonds. The molecule has 2 N–H and O–H groups in total. The summed E-state index contributed by atoms with van der Waals surface area (Å²) in [5, 5.41) is 0. The van der Waals surface area contributed by atoms with Gasteiger partial charge in [0.25, 0.3) is 0 Å². The zero-order valence-corrected chi connectivity index (χ0v) is 12.0. The fraction of sp³-hybridized carbons (Fsp3) is 0.389. The van der Waals surface area contributed by atoms with Crippen LogP contribution in [0.15, 0.2) is 42.6 Å². The van der Waals surface area contributed by atoms with E-state index in [4.69, 9.17) is 5.73 Å². The molecular weight excluding hydrogens is 244 g/mol. The first kappa shape index (κ1) is 13.2. The monoisotopic (exact) mass is 266 g/mol. The molecule has 0 atom stereocenters. The van der Waals surface area contributed by atoms with Gasteiger partial charge in [-0.05, 0) is 42.4 Å². The number of hydrogen-bond donors (Lipinski definition) is 1. The molecule has 3 rings (SSSR count). The predicted molar refractivity (Wildman–Crippen MR) is 84.5 cm³/mol. The van der Waals surface area contributed by atoms with Crippen molar-refractivity contribution in [3.05, 3.63) is 48.2 Å². The van der Waals surface area contributed by atoms with Gasteiger partial charge >= 0.3 is 0 Å². The van der Waals surface area contributed by atoms with Crippen LogP contribution in [0.2, 0.25) is 0 Å². The summed E-state index contributed by atoms with van der Waals surface area (Å²) in [7, 11) is 0. The van der Waals surface area contributed by atoms with Crippen LogP contribution in [0.25, 0.3) is 11.3 Å². The van der Waals surface area contributed by atoms with E-state index in [1.165, 1.54) is 31.2 Å². The zero-order chi connectivity index (χ0) is 13.9. The van der Waals surface area contributed by atoms with Crippen LogP contribution in [-0.4, -0.2) is 4.98 Å². The van der Waals surface area contributed by atoms with E-state index in [1.807, 2.05) is 12.1 Å². The van der Waals surface area contributed by atoms with Crippen molar-refractivity contribution >= 4 is 5.69 Å². The number of nitrogens with zero attached hydrogens (tertiary/aromatic N) is 1. The van der Waals surface area contributed by atoms with Crippen molar-refractivity contribution < 1.29 is 0 Å². The molecule has 1 fully saturated rings. The van der Waals surface area contributed by atoms with Crippen LogP contribution < -0.4 is 5.73 Å². The van der Waals surface area contributed by atoms with Crippen molar-refractivity contribution in [2.75, 3.05) is 5.73 Å². The van der Waals surface area contributed by atoms with Gasteiger partial charge in [0.2, 0.25) is 0 Å². The molecule has 1 saturated carbocycles. The molecule has 0 saturated heterocycles. The number of pyridine rings is 1. The Hall–Kier alpha value is -1.83. The molecule has 1 heterocycles. The third-order valence-electron chi connectivity index (χ3n) is 4.48. The largest absolute Gasteiger partial charge is 0.397 e. The number of anilines is 1. The number of nitrogens with two attached hydrogens (primary N) is 1. The summed E-state index contributed by atoms with van der Waals surface area (Å²) < 4.78 is 0. The zero-order valence-electron chi connectivity index (χ0n) is 12.0. The summed E-state index contributed by atoms with van der Waals surface area (Å²) in [6.45, 7) is 2.37. The topological polar surface area (TPSA) is 38.9 Å². The third-order valence-corrected chi connectivity index (χ3v) is 4.48. The summed E-state index contributed by atoms with van der Waals surface area (Å²) in [6.07, 6.45) is 7.12. The first-order valence-corrected chi connectivity index (χ1v) is 7.54. The Kier molecular flexibility index (Phi) is 3.72. The van der Waals surface area contributed by atoms with Crippen LogP contribution in [0.4, 0.5) is 5.69 Å². The molecule has 1 aromatic carbocycles. The smallest absolute Gasteiger partial charge is 0.0703 e. The van der Waals surface area contributed by atoms with Gasteiger partial charge in [0.05, 0.1) is 17.6 Å².